The van der Waals surface area contributed by atoms with E-state index in [2.05, 4.69) is 4.74 Å². The normalized spacial score (nSPS) is 14.3. The Labute approximate surface area is 82.7 Å². The second-order valence-electron chi connectivity index (χ2n) is 2.59. The predicted molar refractivity (Wildman–Crippen MR) is 46.5 cm³/mol. The fourth-order valence-electron chi connectivity index (χ4n) is 0.714. The van der Waals surface area contributed by atoms with E-state index in [-0.39, 0.29) is 24.7 Å². The molecule has 1 atom stereocenters. The molecule has 0 saturated carbocycles. The van der Waals surface area contributed by atoms with E-state index in [1.807, 2.05) is 0 Å². The van der Waals surface area contributed by atoms with Crippen LogP contribution in [0.15, 0.2) is 0 Å². The number of aliphatic hydroxyl groups excluding tert-OH is 1. The fraction of sp³-hybridized carbons (Fsp3) is 1.00. The Hall–Kier alpha value is -0.140. The van der Waals surface area contributed by atoms with E-state index in [0.29, 0.717) is 6.42 Å². The minimum atomic E-state index is -4.30. The Bertz CT molecular complexity index is 172. The standard InChI is InChI=1S/C7H13F3O3S/c8-7(9,10)6-13-3-1-4-14(12)5-2-11/h11H,1-6H2. The fourth-order valence-corrected chi connectivity index (χ4v) is 1.56. The van der Waals surface area contributed by atoms with Crippen LogP contribution in [0.4, 0.5) is 13.2 Å². The SMILES string of the molecule is O=S(CCO)CCCOCC(F)(F)F. The summed E-state index contributed by atoms with van der Waals surface area (Å²) in [6, 6.07) is 0. The van der Waals surface area contributed by atoms with Crippen molar-refractivity contribution in [1.29, 1.82) is 0 Å². The number of halogens is 3. The molecule has 0 fully saturated rings. The molecule has 1 N–H and O–H groups in total. The van der Waals surface area contributed by atoms with Gasteiger partial charge in [0.2, 0.25) is 0 Å². The summed E-state index contributed by atoms with van der Waals surface area (Å²) in [5, 5.41) is 8.37. The highest BCUT2D eigenvalue weighted by atomic mass is 32.2. The number of ether oxygens (including phenoxy) is 1. The van der Waals surface area contributed by atoms with Crippen molar-refractivity contribution in [3.05, 3.63) is 0 Å². The third-order valence-electron chi connectivity index (χ3n) is 1.25. The number of hydrogen-bond donors (Lipinski definition) is 1. The molecule has 0 radical (unpaired) electrons. The maximum Gasteiger partial charge on any atom is 0.411 e. The molecule has 0 saturated heterocycles. The molecule has 0 aliphatic heterocycles. The Morgan fingerprint density at radius 1 is 1.29 bits per heavy atom. The van der Waals surface area contributed by atoms with E-state index in [0.717, 1.165) is 0 Å². The first-order valence-electron chi connectivity index (χ1n) is 4.06. The average Bonchev–Trinajstić information content (AvgIpc) is 2.02. The maximum absolute atomic E-state index is 11.5. The van der Waals surface area contributed by atoms with E-state index in [9.17, 15) is 17.4 Å². The van der Waals surface area contributed by atoms with Crippen LogP contribution in [0.25, 0.3) is 0 Å². The minimum Gasteiger partial charge on any atom is -0.395 e. The quantitative estimate of drug-likeness (QED) is 0.659. The van der Waals surface area contributed by atoms with Gasteiger partial charge in [0.15, 0.2) is 0 Å². The highest BCUT2D eigenvalue weighted by Gasteiger charge is 2.27. The highest BCUT2D eigenvalue weighted by molar-refractivity contribution is 7.84. The van der Waals surface area contributed by atoms with Gasteiger partial charge in [0.25, 0.3) is 0 Å². The number of alkyl halides is 3. The molecule has 0 bridgehead atoms. The summed E-state index contributed by atoms with van der Waals surface area (Å²) in [6.45, 7) is -1.49. The highest BCUT2D eigenvalue weighted by Crippen LogP contribution is 2.14. The zero-order valence-corrected chi connectivity index (χ0v) is 8.36. The summed E-state index contributed by atoms with van der Waals surface area (Å²) in [5.74, 6) is 0.428. The zero-order valence-electron chi connectivity index (χ0n) is 7.55. The van der Waals surface area contributed by atoms with E-state index in [1.165, 1.54) is 0 Å². The summed E-state index contributed by atoms with van der Waals surface area (Å²) in [4.78, 5) is 0. The molecule has 7 heteroatoms. The average molecular weight is 234 g/mol. The number of rotatable bonds is 7. The molecule has 0 amide bonds. The lowest BCUT2D eigenvalue weighted by molar-refractivity contribution is -0.173. The molecule has 14 heavy (non-hydrogen) atoms. The van der Waals surface area contributed by atoms with Gasteiger partial charge in [-0.1, -0.05) is 0 Å². The third-order valence-corrected chi connectivity index (χ3v) is 2.63. The van der Waals surface area contributed by atoms with Gasteiger partial charge < -0.3 is 9.84 Å². The monoisotopic (exact) mass is 234 g/mol. The van der Waals surface area contributed by atoms with E-state index >= 15 is 0 Å². The first kappa shape index (κ1) is 13.9. The van der Waals surface area contributed by atoms with Crippen molar-refractivity contribution < 1.29 is 27.2 Å². The van der Waals surface area contributed by atoms with Crippen LogP contribution in [0.5, 0.6) is 0 Å². The van der Waals surface area contributed by atoms with Gasteiger partial charge in [-0.15, -0.1) is 0 Å². The van der Waals surface area contributed by atoms with Gasteiger partial charge in [0, 0.05) is 28.9 Å². The van der Waals surface area contributed by atoms with Crippen LogP contribution >= 0.6 is 0 Å². The molecule has 0 aliphatic rings. The van der Waals surface area contributed by atoms with Crippen LogP contribution in [-0.2, 0) is 15.5 Å². The van der Waals surface area contributed by atoms with Crippen molar-refractivity contribution in [2.75, 3.05) is 31.3 Å². The molecule has 86 valence electrons. The minimum absolute atomic E-state index is 0.0589. The second kappa shape index (κ2) is 7.19. The lowest BCUT2D eigenvalue weighted by atomic mass is 10.5. The molecule has 0 aliphatic carbocycles. The summed E-state index contributed by atoms with van der Waals surface area (Å²) in [5.41, 5.74) is 0. The summed E-state index contributed by atoms with van der Waals surface area (Å²) >= 11 is 0. The summed E-state index contributed by atoms with van der Waals surface area (Å²) < 4.78 is 49.8. The van der Waals surface area contributed by atoms with Crippen LogP contribution in [-0.4, -0.2) is 46.8 Å². The molecule has 0 aromatic heterocycles. The van der Waals surface area contributed by atoms with Crippen molar-refractivity contribution in [1.82, 2.24) is 0 Å². The Morgan fingerprint density at radius 3 is 2.43 bits per heavy atom. The second-order valence-corrected chi connectivity index (χ2v) is 4.29. The van der Waals surface area contributed by atoms with Crippen molar-refractivity contribution >= 4 is 10.8 Å². The van der Waals surface area contributed by atoms with Gasteiger partial charge in [-0.25, -0.2) is 0 Å². The summed E-state index contributed by atoms with van der Waals surface area (Å²) in [6.07, 6.45) is -3.99. The van der Waals surface area contributed by atoms with Crippen LogP contribution < -0.4 is 0 Å². The smallest absolute Gasteiger partial charge is 0.395 e. The van der Waals surface area contributed by atoms with Gasteiger partial charge >= 0.3 is 6.18 Å². The molecule has 0 rings (SSSR count). The predicted octanol–water partition coefficient (Wildman–Crippen LogP) is 0.696. The molecule has 3 nitrogen and oxygen atoms in total. The Kier molecular flexibility index (Phi) is 7.12. The Morgan fingerprint density at radius 2 is 1.93 bits per heavy atom. The number of aliphatic hydroxyl groups is 1. The molecule has 0 aromatic carbocycles. The molecule has 1 unspecified atom stereocenters. The molecular formula is C7H13F3O3S. The Balaban J connectivity index is 3.26. The molecule has 0 aromatic rings. The van der Waals surface area contributed by atoms with Crippen LogP contribution in [0.2, 0.25) is 0 Å². The van der Waals surface area contributed by atoms with Crippen molar-refractivity contribution in [3.8, 4) is 0 Å². The van der Waals surface area contributed by atoms with Crippen LogP contribution in [0.3, 0.4) is 0 Å². The largest absolute Gasteiger partial charge is 0.411 e. The van der Waals surface area contributed by atoms with Crippen molar-refractivity contribution in [2.45, 2.75) is 12.6 Å². The first-order valence-corrected chi connectivity index (χ1v) is 5.55. The first-order chi connectivity index (χ1) is 6.45. The van der Waals surface area contributed by atoms with Gasteiger partial charge in [-0.2, -0.15) is 13.2 Å². The van der Waals surface area contributed by atoms with Crippen molar-refractivity contribution in [2.24, 2.45) is 0 Å². The lowest BCUT2D eigenvalue weighted by Crippen LogP contribution is -2.18. The van der Waals surface area contributed by atoms with Crippen LogP contribution in [0, 0.1) is 0 Å². The van der Waals surface area contributed by atoms with Gasteiger partial charge in [-0.3, -0.25) is 4.21 Å². The lowest BCUT2D eigenvalue weighted by Gasteiger charge is -2.06. The topological polar surface area (TPSA) is 46.5 Å². The zero-order chi connectivity index (χ0) is 11.0. The van der Waals surface area contributed by atoms with E-state index in [1.54, 1.807) is 0 Å². The van der Waals surface area contributed by atoms with Gasteiger partial charge in [-0.05, 0) is 6.42 Å². The maximum atomic E-state index is 11.5. The number of hydrogen-bond acceptors (Lipinski definition) is 3. The molecular weight excluding hydrogens is 221 g/mol. The van der Waals surface area contributed by atoms with Gasteiger partial charge in [0.1, 0.15) is 6.61 Å². The molecule has 0 spiro atoms. The van der Waals surface area contributed by atoms with Gasteiger partial charge in [0.05, 0.1) is 6.61 Å². The van der Waals surface area contributed by atoms with Crippen LogP contribution in [0.1, 0.15) is 6.42 Å². The third kappa shape index (κ3) is 9.94. The summed E-state index contributed by atoms with van der Waals surface area (Å²) in [7, 11) is -1.16. The van der Waals surface area contributed by atoms with E-state index < -0.39 is 23.6 Å². The van der Waals surface area contributed by atoms with Crippen molar-refractivity contribution in [3.63, 3.8) is 0 Å². The molecule has 0 heterocycles. The van der Waals surface area contributed by atoms with E-state index in [4.69, 9.17) is 5.11 Å².